The van der Waals surface area contributed by atoms with E-state index in [0.29, 0.717) is 0 Å². The Morgan fingerprint density at radius 2 is 1.75 bits per heavy atom. The fourth-order valence-electron chi connectivity index (χ4n) is 1.66. The minimum atomic E-state index is -2.40. The molecule has 1 heterocycles. The van der Waals surface area contributed by atoms with Crippen LogP contribution in [0.1, 0.15) is 12.8 Å². The minimum absolute atomic E-state index is 0.275. The van der Waals surface area contributed by atoms with Gasteiger partial charge < -0.3 is 18.6 Å². The molecule has 0 spiro atoms. The third kappa shape index (κ3) is 1.70. The summed E-state index contributed by atoms with van der Waals surface area (Å²) in [5.74, 6) is 0. The van der Waals surface area contributed by atoms with Gasteiger partial charge in [-0.3, -0.25) is 0 Å². The van der Waals surface area contributed by atoms with Crippen LogP contribution in [0, 0.1) is 0 Å². The summed E-state index contributed by atoms with van der Waals surface area (Å²) in [7, 11) is 2.56. The first-order chi connectivity index (χ1) is 5.79. The van der Waals surface area contributed by atoms with Crippen molar-refractivity contribution < 1.29 is 13.3 Å². The average Bonchev–Trinajstić information content (AvgIpc) is 2.62. The SMILES string of the molecule is CO[Si](OC)(OC)C1CCCN1. The fourth-order valence-corrected chi connectivity index (χ4v) is 3.97. The molecule has 1 N–H and O–H groups in total. The van der Waals surface area contributed by atoms with Crippen LogP contribution in [0.15, 0.2) is 0 Å². The second-order valence-electron chi connectivity index (χ2n) is 2.86. The lowest BCUT2D eigenvalue weighted by molar-refractivity contribution is 0.110. The molecule has 0 bridgehead atoms. The van der Waals surface area contributed by atoms with E-state index in [1.807, 2.05) is 0 Å². The molecule has 4 nitrogen and oxygen atoms in total. The Balaban J connectivity index is 2.61. The van der Waals surface area contributed by atoms with Gasteiger partial charge in [-0.15, -0.1) is 0 Å². The molecule has 1 aliphatic rings. The van der Waals surface area contributed by atoms with Crippen molar-refractivity contribution >= 4 is 8.80 Å². The molecule has 0 aromatic rings. The molecule has 0 saturated carbocycles. The standard InChI is InChI=1S/C7H17NO3Si/c1-9-12(10-2,11-3)7-5-4-6-8-7/h7-8H,4-6H2,1-3H3. The molecular weight excluding hydrogens is 174 g/mol. The van der Waals surface area contributed by atoms with Gasteiger partial charge in [0, 0.05) is 21.3 Å². The van der Waals surface area contributed by atoms with Crippen LogP contribution < -0.4 is 5.32 Å². The summed E-state index contributed by atoms with van der Waals surface area (Å²) in [5, 5.41) is 3.34. The smallest absolute Gasteiger partial charge is 0.376 e. The zero-order chi connectivity index (χ0) is 9.03. The van der Waals surface area contributed by atoms with Crippen LogP contribution in [0.2, 0.25) is 0 Å². The maximum absolute atomic E-state index is 5.35. The van der Waals surface area contributed by atoms with E-state index in [9.17, 15) is 0 Å². The average molecular weight is 191 g/mol. The summed E-state index contributed by atoms with van der Waals surface area (Å²) in [6.07, 6.45) is 2.26. The summed E-state index contributed by atoms with van der Waals surface area (Å²) < 4.78 is 16.1. The van der Waals surface area contributed by atoms with Gasteiger partial charge in [0.25, 0.3) is 0 Å². The Bertz CT molecular complexity index is 126. The summed E-state index contributed by atoms with van der Waals surface area (Å²) in [4.78, 5) is 0. The maximum Gasteiger partial charge on any atom is 0.518 e. The molecule has 1 fully saturated rings. The van der Waals surface area contributed by atoms with E-state index in [0.717, 1.165) is 13.0 Å². The Morgan fingerprint density at radius 1 is 1.17 bits per heavy atom. The molecule has 1 aliphatic heterocycles. The van der Waals surface area contributed by atoms with Gasteiger partial charge in [-0.25, -0.2) is 0 Å². The molecule has 0 amide bonds. The first-order valence-corrected chi connectivity index (χ1v) is 5.98. The van der Waals surface area contributed by atoms with E-state index in [2.05, 4.69) is 5.32 Å². The highest BCUT2D eigenvalue weighted by Gasteiger charge is 2.48. The van der Waals surface area contributed by atoms with E-state index in [4.69, 9.17) is 13.3 Å². The normalized spacial score (nSPS) is 24.8. The van der Waals surface area contributed by atoms with Crippen molar-refractivity contribution in [1.29, 1.82) is 0 Å². The Labute approximate surface area is 74.6 Å². The third-order valence-electron chi connectivity index (χ3n) is 2.34. The Hall–Kier alpha value is 0.0569. The van der Waals surface area contributed by atoms with Gasteiger partial charge in [-0.2, -0.15) is 0 Å². The van der Waals surface area contributed by atoms with Crippen molar-refractivity contribution in [1.82, 2.24) is 5.32 Å². The van der Waals surface area contributed by atoms with E-state index in [-0.39, 0.29) is 5.67 Å². The van der Waals surface area contributed by atoms with Crippen LogP contribution in [0.5, 0.6) is 0 Å². The van der Waals surface area contributed by atoms with Gasteiger partial charge in [-0.05, 0) is 19.4 Å². The lowest BCUT2D eigenvalue weighted by Gasteiger charge is -2.29. The molecule has 5 heteroatoms. The summed E-state index contributed by atoms with van der Waals surface area (Å²) in [6.45, 7) is 1.04. The Morgan fingerprint density at radius 3 is 2.08 bits per heavy atom. The van der Waals surface area contributed by atoms with Crippen LogP contribution in [0.3, 0.4) is 0 Å². The minimum Gasteiger partial charge on any atom is -0.376 e. The highest BCUT2D eigenvalue weighted by atomic mass is 28.4. The van der Waals surface area contributed by atoms with Gasteiger partial charge in [-0.1, -0.05) is 0 Å². The van der Waals surface area contributed by atoms with Crippen molar-refractivity contribution in [2.75, 3.05) is 27.9 Å². The Kier molecular flexibility index (Phi) is 3.67. The zero-order valence-corrected chi connectivity index (χ0v) is 8.92. The fraction of sp³-hybridized carbons (Fsp3) is 1.00. The van der Waals surface area contributed by atoms with Crippen molar-refractivity contribution in [2.45, 2.75) is 18.5 Å². The molecule has 1 saturated heterocycles. The van der Waals surface area contributed by atoms with Crippen LogP contribution in [0.25, 0.3) is 0 Å². The number of nitrogens with one attached hydrogen (secondary N) is 1. The zero-order valence-electron chi connectivity index (χ0n) is 7.92. The van der Waals surface area contributed by atoms with Gasteiger partial charge >= 0.3 is 8.80 Å². The molecule has 0 radical (unpaired) electrons. The first kappa shape index (κ1) is 10.1. The van der Waals surface area contributed by atoms with Gasteiger partial charge in [0.05, 0.1) is 5.67 Å². The summed E-state index contributed by atoms with van der Waals surface area (Å²) in [5.41, 5.74) is 0.275. The van der Waals surface area contributed by atoms with Crippen molar-refractivity contribution in [3.8, 4) is 0 Å². The van der Waals surface area contributed by atoms with E-state index in [1.54, 1.807) is 21.3 Å². The highest BCUT2D eigenvalue weighted by Crippen LogP contribution is 2.19. The molecule has 0 aliphatic carbocycles. The number of hydrogen-bond acceptors (Lipinski definition) is 4. The number of hydrogen-bond donors (Lipinski definition) is 1. The van der Waals surface area contributed by atoms with Crippen LogP contribution in [-0.4, -0.2) is 42.3 Å². The first-order valence-electron chi connectivity index (χ1n) is 4.18. The van der Waals surface area contributed by atoms with Crippen LogP contribution in [-0.2, 0) is 13.3 Å². The monoisotopic (exact) mass is 191 g/mol. The van der Waals surface area contributed by atoms with E-state index in [1.165, 1.54) is 6.42 Å². The molecule has 0 aromatic carbocycles. The third-order valence-corrected chi connectivity index (χ3v) is 5.39. The topological polar surface area (TPSA) is 39.7 Å². The highest BCUT2D eigenvalue weighted by molar-refractivity contribution is 6.62. The van der Waals surface area contributed by atoms with Gasteiger partial charge in [0.1, 0.15) is 0 Å². The molecule has 1 unspecified atom stereocenters. The predicted molar refractivity (Wildman–Crippen MR) is 47.8 cm³/mol. The largest absolute Gasteiger partial charge is 0.518 e. The van der Waals surface area contributed by atoms with Crippen molar-refractivity contribution in [3.63, 3.8) is 0 Å². The summed E-state index contributed by atoms with van der Waals surface area (Å²) >= 11 is 0. The molecule has 0 aromatic heterocycles. The van der Waals surface area contributed by atoms with Crippen molar-refractivity contribution in [3.05, 3.63) is 0 Å². The van der Waals surface area contributed by atoms with E-state index >= 15 is 0 Å². The second kappa shape index (κ2) is 4.34. The van der Waals surface area contributed by atoms with Crippen molar-refractivity contribution in [2.24, 2.45) is 0 Å². The molecular formula is C7H17NO3Si. The molecule has 1 atom stereocenters. The maximum atomic E-state index is 5.35. The van der Waals surface area contributed by atoms with Crippen LogP contribution >= 0.6 is 0 Å². The molecule has 72 valence electrons. The molecule has 12 heavy (non-hydrogen) atoms. The lowest BCUT2D eigenvalue weighted by Crippen LogP contribution is -2.58. The predicted octanol–water partition coefficient (Wildman–Crippen LogP) is 0.156. The quantitative estimate of drug-likeness (QED) is 0.642. The van der Waals surface area contributed by atoms with Gasteiger partial charge in [0.2, 0.25) is 0 Å². The second-order valence-corrected chi connectivity index (χ2v) is 5.99. The molecule has 1 rings (SSSR count). The van der Waals surface area contributed by atoms with E-state index < -0.39 is 8.80 Å². The van der Waals surface area contributed by atoms with Crippen LogP contribution in [0.4, 0.5) is 0 Å². The van der Waals surface area contributed by atoms with Gasteiger partial charge in [0.15, 0.2) is 0 Å². The number of rotatable bonds is 4. The lowest BCUT2D eigenvalue weighted by atomic mass is 10.4. The summed E-state index contributed by atoms with van der Waals surface area (Å²) in [6, 6.07) is 0.